The Morgan fingerprint density at radius 3 is 2.15 bits per heavy atom. The van der Waals surface area contributed by atoms with Crippen LogP contribution in [0.15, 0.2) is 12.2 Å². The molecule has 5 rings (SSSR count). The molecule has 0 aromatic carbocycles. The van der Waals surface area contributed by atoms with Crippen molar-refractivity contribution in [3.8, 4) is 0 Å². The molecule has 3 nitrogen and oxygen atoms in total. The van der Waals surface area contributed by atoms with Gasteiger partial charge < -0.3 is 10.2 Å². The molecular formula is C30H48O3. The highest BCUT2D eigenvalue weighted by molar-refractivity contribution is 5.76. The standard InChI is InChI=1S/C30H48O3/c1-18(2)19-10-15-30(25(32)33)17-16-28(6)20(24(19)30)8-9-22-27(5)13-12-23(31)26(3,4)21(27)11-14-29(22,28)7/h19-24,31H,1,8-17H2,2-7H3,(H,32,33)/t19-,20?,21?,22?,23-,24?,27-,28+,29+,30?/m0/s1. The molecule has 0 amide bonds. The lowest BCUT2D eigenvalue weighted by atomic mass is 9.32. The summed E-state index contributed by atoms with van der Waals surface area (Å²) < 4.78 is 0. The van der Waals surface area contributed by atoms with Gasteiger partial charge in [-0.2, -0.15) is 0 Å². The zero-order valence-corrected chi connectivity index (χ0v) is 22.0. The van der Waals surface area contributed by atoms with Crippen LogP contribution in [0.1, 0.15) is 106 Å². The number of carboxylic acid groups (broad SMARTS) is 1. The molecule has 0 aromatic heterocycles. The van der Waals surface area contributed by atoms with Gasteiger partial charge in [-0.25, -0.2) is 0 Å². The molecule has 5 unspecified atom stereocenters. The van der Waals surface area contributed by atoms with Crippen LogP contribution in [0.25, 0.3) is 0 Å². The molecule has 5 saturated carbocycles. The zero-order chi connectivity index (χ0) is 24.2. The molecular weight excluding hydrogens is 408 g/mol. The topological polar surface area (TPSA) is 57.5 Å². The number of carbonyl (C=O) groups is 1. The molecule has 0 spiro atoms. The number of aliphatic carboxylic acids is 1. The highest BCUT2D eigenvalue weighted by atomic mass is 16.4. The Labute approximate surface area is 201 Å². The van der Waals surface area contributed by atoms with Gasteiger partial charge in [0.25, 0.3) is 0 Å². The zero-order valence-electron chi connectivity index (χ0n) is 22.0. The third-order valence-electron chi connectivity index (χ3n) is 13.5. The van der Waals surface area contributed by atoms with Gasteiger partial charge in [-0.15, -0.1) is 0 Å². The largest absolute Gasteiger partial charge is 0.481 e. The fraction of sp³-hybridized carbons (Fsp3) is 0.900. The van der Waals surface area contributed by atoms with Gasteiger partial charge in [0.15, 0.2) is 0 Å². The van der Waals surface area contributed by atoms with E-state index < -0.39 is 11.4 Å². The first-order valence-corrected chi connectivity index (χ1v) is 13.8. The minimum Gasteiger partial charge on any atom is -0.481 e. The van der Waals surface area contributed by atoms with Crippen LogP contribution >= 0.6 is 0 Å². The number of aliphatic hydroxyl groups excluding tert-OH is 1. The number of hydrogen-bond acceptors (Lipinski definition) is 2. The van der Waals surface area contributed by atoms with E-state index in [1.165, 1.54) is 31.3 Å². The molecule has 10 atom stereocenters. The summed E-state index contributed by atoms with van der Waals surface area (Å²) in [5.74, 6) is 1.79. The Kier molecular flexibility index (Phi) is 5.15. The van der Waals surface area contributed by atoms with Crippen molar-refractivity contribution in [1.82, 2.24) is 0 Å². The van der Waals surface area contributed by atoms with Gasteiger partial charge in [-0.1, -0.05) is 46.8 Å². The van der Waals surface area contributed by atoms with Crippen LogP contribution in [0.3, 0.4) is 0 Å². The van der Waals surface area contributed by atoms with E-state index in [0.29, 0.717) is 23.7 Å². The van der Waals surface area contributed by atoms with Crippen LogP contribution in [-0.4, -0.2) is 22.3 Å². The van der Waals surface area contributed by atoms with Crippen LogP contribution in [-0.2, 0) is 4.79 Å². The van der Waals surface area contributed by atoms with E-state index in [4.69, 9.17) is 0 Å². The maximum Gasteiger partial charge on any atom is 0.309 e. The summed E-state index contributed by atoms with van der Waals surface area (Å²) in [6.45, 7) is 18.8. The lowest BCUT2D eigenvalue weighted by Crippen LogP contribution is -2.67. The monoisotopic (exact) mass is 456 g/mol. The molecule has 2 N–H and O–H groups in total. The Hall–Kier alpha value is -0.830. The van der Waals surface area contributed by atoms with Crippen LogP contribution < -0.4 is 0 Å². The summed E-state index contributed by atoms with van der Waals surface area (Å²) in [5.41, 5.74) is 1.35. The van der Waals surface area contributed by atoms with Crippen molar-refractivity contribution < 1.29 is 15.0 Å². The highest BCUT2D eigenvalue weighted by Gasteiger charge is 2.71. The van der Waals surface area contributed by atoms with Crippen LogP contribution in [0.4, 0.5) is 0 Å². The number of allylic oxidation sites excluding steroid dienone is 1. The van der Waals surface area contributed by atoms with E-state index in [1.54, 1.807) is 0 Å². The van der Waals surface area contributed by atoms with Gasteiger partial charge in [0, 0.05) is 0 Å². The number of hydrogen-bond donors (Lipinski definition) is 2. The quantitative estimate of drug-likeness (QED) is 0.436. The number of carboxylic acids is 1. The predicted molar refractivity (Wildman–Crippen MR) is 133 cm³/mol. The summed E-state index contributed by atoms with van der Waals surface area (Å²) in [5, 5.41) is 21.4. The lowest BCUT2D eigenvalue weighted by Gasteiger charge is -2.72. The van der Waals surface area contributed by atoms with E-state index in [9.17, 15) is 15.0 Å². The first kappa shape index (κ1) is 23.9. The van der Waals surface area contributed by atoms with E-state index in [0.717, 1.165) is 38.5 Å². The fourth-order valence-electron chi connectivity index (χ4n) is 11.5. The maximum atomic E-state index is 12.8. The molecule has 0 aliphatic heterocycles. The van der Waals surface area contributed by atoms with Crippen molar-refractivity contribution in [2.45, 2.75) is 112 Å². The second-order valence-electron chi connectivity index (χ2n) is 14.5. The van der Waals surface area contributed by atoms with Crippen molar-refractivity contribution in [1.29, 1.82) is 0 Å². The third kappa shape index (κ3) is 2.75. The Morgan fingerprint density at radius 2 is 1.52 bits per heavy atom. The lowest BCUT2D eigenvalue weighted by molar-refractivity contribution is -0.248. The maximum absolute atomic E-state index is 12.8. The molecule has 0 bridgehead atoms. The molecule has 5 aliphatic rings. The number of fused-ring (bicyclic) bond motifs is 7. The third-order valence-corrected chi connectivity index (χ3v) is 13.5. The highest BCUT2D eigenvalue weighted by Crippen LogP contribution is 2.77. The molecule has 5 aliphatic carbocycles. The first-order chi connectivity index (χ1) is 15.3. The van der Waals surface area contributed by atoms with Crippen LogP contribution in [0.5, 0.6) is 0 Å². The molecule has 0 radical (unpaired) electrons. The van der Waals surface area contributed by atoms with Gasteiger partial charge in [0.2, 0.25) is 0 Å². The minimum atomic E-state index is -0.538. The fourth-order valence-corrected chi connectivity index (χ4v) is 11.5. The van der Waals surface area contributed by atoms with Crippen LogP contribution in [0, 0.1) is 56.7 Å². The minimum absolute atomic E-state index is 0.0202. The molecule has 186 valence electrons. The van der Waals surface area contributed by atoms with E-state index in [2.05, 4.69) is 48.1 Å². The van der Waals surface area contributed by atoms with Crippen molar-refractivity contribution in [3.63, 3.8) is 0 Å². The second kappa shape index (κ2) is 7.11. The first-order valence-electron chi connectivity index (χ1n) is 13.8. The van der Waals surface area contributed by atoms with Gasteiger partial charge in [-0.3, -0.25) is 4.79 Å². The van der Waals surface area contributed by atoms with Crippen molar-refractivity contribution in [2.75, 3.05) is 0 Å². The SMILES string of the molecule is C=C(C)[C@@H]1CCC2(C(=O)O)CC[C@]3(C)C(CCC4[C@@]5(C)CC[C@H](O)C(C)(C)C5CC[C@]43C)C12. The molecule has 0 aromatic rings. The average Bonchev–Trinajstić information content (AvgIpc) is 3.13. The summed E-state index contributed by atoms with van der Waals surface area (Å²) in [6, 6.07) is 0. The van der Waals surface area contributed by atoms with Gasteiger partial charge in [0.1, 0.15) is 0 Å². The molecule has 3 heteroatoms. The van der Waals surface area contributed by atoms with Gasteiger partial charge in [0.05, 0.1) is 11.5 Å². The van der Waals surface area contributed by atoms with E-state index in [-0.39, 0.29) is 33.7 Å². The Morgan fingerprint density at radius 1 is 0.818 bits per heavy atom. The Balaban J connectivity index is 1.57. The van der Waals surface area contributed by atoms with Gasteiger partial charge in [-0.05, 0) is 122 Å². The van der Waals surface area contributed by atoms with Crippen molar-refractivity contribution >= 4 is 5.97 Å². The summed E-state index contributed by atoms with van der Waals surface area (Å²) in [7, 11) is 0. The van der Waals surface area contributed by atoms with Crippen molar-refractivity contribution in [3.05, 3.63) is 12.2 Å². The molecule has 0 saturated heterocycles. The normalized spacial score (nSPS) is 55.0. The van der Waals surface area contributed by atoms with E-state index >= 15 is 0 Å². The summed E-state index contributed by atoms with van der Waals surface area (Å²) >= 11 is 0. The van der Waals surface area contributed by atoms with Crippen molar-refractivity contribution in [2.24, 2.45) is 56.7 Å². The van der Waals surface area contributed by atoms with Gasteiger partial charge >= 0.3 is 5.97 Å². The Bertz CT molecular complexity index is 861. The molecule has 33 heavy (non-hydrogen) atoms. The number of aliphatic hydroxyl groups is 1. The summed E-state index contributed by atoms with van der Waals surface area (Å²) in [6.07, 6.45) is 10.5. The average molecular weight is 457 g/mol. The smallest absolute Gasteiger partial charge is 0.309 e. The molecule has 0 heterocycles. The van der Waals surface area contributed by atoms with Crippen LogP contribution in [0.2, 0.25) is 0 Å². The number of rotatable bonds is 2. The molecule has 5 fully saturated rings. The predicted octanol–water partition coefficient (Wildman–Crippen LogP) is 7.09. The summed E-state index contributed by atoms with van der Waals surface area (Å²) in [4.78, 5) is 12.8. The second-order valence-corrected chi connectivity index (χ2v) is 14.5. The van der Waals surface area contributed by atoms with E-state index in [1.807, 2.05) is 0 Å².